The van der Waals surface area contributed by atoms with Crippen molar-refractivity contribution >= 4 is 29.1 Å². The number of hydrogen-bond donors (Lipinski definition) is 2. The summed E-state index contributed by atoms with van der Waals surface area (Å²) < 4.78 is 20.3. The van der Waals surface area contributed by atoms with Crippen LogP contribution in [0.4, 0.5) is 14.9 Å². The average molecular weight is 516 g/mol. The Morgan fingerprint density at radius 1 is 1.00 bits per heavy atom. The van der Waals surface area contributed by atoms with Gasteiger partial charge >= 0.3 is 12.1 Å². The zero-order chi connectivity index (χ0) is 26.2. The van der Waals surface area contributed by atoms with E-state index in [1.165, 1.54) is 6.07 Å². The maximum atomic E-state index is 14.6. The highest BCUT2D eigenvalue weighted by molar-refractivity contribution is 7.14. The van der Waals surface area contributed by atoms with Gasteiger partial charge in [-0.2, -0.15) is 4.39 Å². The Kier molecular flexibility index (Phi) is 6.56. The molecule has 3 aromatic carbocycles. The summed E-state index contributed by atoms with van der Waals surface area (Å²) in [6.07, 6.45) is -0.0862. The summed E-state index contributed by atoms with van der Waals surface area (Å²) >= 11 is 0.900. The van der Waals surface area contributed by atoms with Crippen molar-refractivity contribution in [3.8, 4) is 21.6 Å². The first-order valence-electron chi connectivity index (χ1n) is 12.0. The molecule has 1 aliphatic rings. The third kappa shape index (κ3) is 4.87. The topological polar surface area (TPSA) is 75.6 Å². The van der Waals surface area contributed by atoms with Gasteiger partial charge in [0.05, 0.1) is 16.0 Å². The van der Waals surface area contributed by atoms with Gasteiger partial charge in [-0.05, 0) is 60.6 Å². The quantitative estimate of drug-likeness (QED) is 0.262. The number of aryl methyl sites for hydroxylation is 1. The van der Waals surface area contributed by atoms with Gasteiger partial charge in [0, 0.05) is 11.6 Å². The molecule has 1 heterocycles. The lowest BCUT2D eigenvalue weighted by molar-refractivity contribution is -0.140. The normalized spacial score (nSPS) is 14.6. The lowest BCUT2D eigenvalue weighted by atomic mass is 9.89. The first-order chi connectivity index (χ1) is 17.8. The van der Waals surface area contributed by atoms with E-state index in [9.17, 15) is 19.1 Å². The van der Waals surface area contributed by atoms with Crippen LogP contribution in [0.5, 0.6) is 0 Å². The number of carboxylic acids is 1. The minimum atomic E-state index is -0.921. The molecule has 1 aliphatic carbocycles. The van der Waals surface area contributed by atoms with E-state index in [1.54, 1.807) is 6.92 Å². The second kappa shape index (κ2) is 9.82. The van der Waals surface area contributed by atoms with Crippen LogP contribution in [0.25, 0.3) is 21.6 Å². The van der Waals surface area contributed by atoms with Gasteiger partial charge in [-0.15, -0.1) is 11.3 Å². The summed E-state index contributed by atoms with van der Waals surface area (Å²) in [5, 5.41) is 12.1. The molecule has 0 bridgehead atoms. The number of nitrogens with one attached hydrogen (secondary N) is 1. The number of anilines is 1. The van der Waals surface area contributed by atoms with Crippen LogP contribution in [0.3, 0.4) is 0 Å². The van der Waals surface area contributed by atoms with Crippen LogP contribution >= 0.6 is 11.3 Å². The summed E-state index contributed by atoms with van der Waals surface area (Å²) in [5.41, 5.74) is 4.29. The van der Waals surface area contributed by atoms with Gasteiger partial charge < -0.3 is 9.84 Å². The molecule has 0 spiro atoms. The minimum Gasteiger partial charge on any atom is -0.481 e. The molecule has 7 heteroatoms. The molecule has 4 aromatic rings. The highest BCUT2D eigenvalue weighted by atomic mass is 32.1. The summed E-state index contributed by atoms with van der Waals surface area (Å²) in [5.74, 6) is -0.865. The molecule has 0 radical (unpaired) electrons. The molecule has 1 atom stereocenters. The molecule has 1 saturated carbocycles. The van der Waals surface area contributed by atoms with Gasteiger partial charge in [0.15, 0.2) is 5.13 Å². The maximum absolute atomic E-state index is 14.6. The van der Waals surface area contributed by atoms with E-state index in [2.05, 4.69) is 5.32 Å². The van der Waals surface area contributed by atoms with Crippen LogP contribution in [0.2, 0.25) is 0 Å². The Hall–Kier alpha value is -3.97. The van der Waals surface area contributed by atoms with Gasteiger partial charge in [0.1, 0.15) is 6.10 Å². The van der Waals surface area contributed by atoms with Crippen molar-refractivity contribution in [1.29, 1.82) is 0 Å². The Balaban J connectivity index is 1.51. The molecule has 188 valence electrons. The second-order valence-corrected chi connectivity index (χ2v) is 10.3. The standard InChI is InChI=1S/C30H26FNO4S/c1-18-8-6-7-11-22(18)19(2)36-29(35)32-25-17-26(31)37-27(25)24-16-21(30(14-15-30)28(33)34)12-13-23(24)20-9-4-3-5-10-20/h3-13,16-17,19H,14-15H2,1-2H3,(H,32,35)(H,33,34). The lowest BCUT2D eigenvalue weighted by Crippen LogP contribution is -2.19. The van der Waals surface area contributed by atoms with Crippen LogP contribution < -0.4 is 5.32 Å². The number of carboxylic acid groups (broad SMARTS) is 1. The maximum Gasteiger partial charge on any atom is 0.412 e. The number of aliphatic carboxylic acids is 1. The van der Waals surface area contributed by atoms with Gasteiger partial charge in [-0.3, -0.25) is 10.1 Å². The van der Waals surface area contributed by atoms with Gasteiger partial charge in [-0.1, -0.05) is 66.7 Å². The molecule has 5 nitrogen and oxygen atoms in total. The Labute approximate surface area is 218 Å². The van der Waals surface area contributed by atoms with Crippen molar-refractivity contribution in [2.75, 3.05) is 5.32 Å². The first kappa shape index (κ1) is 24.7. The summed E-state index contributed by atoms with van der Waals surface area (Å²) in [6, 6.07) is 24.1. The van der Waals surface area contributed by atoms with Crippen LogP contribution in [0.1, 0.15) is 42.6 Å². The number of ether oxygens (including phenoxy) is 1. The van der Waals surface area contributed by atoms with Crippen LogP contribution in [0, 0.1) is 12.1 Å². The first-order valence-corrected chi connectivity index (χ1v) is 12.9. The van der Waals surface area contributed by atoms with Crippen molar-refractivity contribution in [2.45, 2.75) is 38.2 Å². The number of carbonyl (C=O) groups excluding carboxylic acids is 1. The Morgan fingerprint density at radius 3 is 2.38 bits per heavy atom. The fraction of sp³-hybridized carbons (Fsp3) is 0.200. The van der Waals surface area contributed by atoms with E-state index >= 15 is 0 Å². The van der Waals surface area contributed by atoms with Crippen LogP contribution in [0.15, 0.2) is 78.9 Å². The van der Waals surface area contributed by atoms with Crippen molar-refractivity contribution < 1.29 is 23.8 Å². The second-order valence-electron chi connectivity index (χ2n) is 9.34. The van der Waals surface area contributed by atoms with Crippen LogP contribution in [-0.4, -0.2) is 17.2 Å². The summed E-state index contributed by atoms with van der Waals surface area (Å²) in [7, 11) is 0. The fourth-order valence-electron chi connectivity index (χ4n) is 4.71. The minimum absolute atomic E-state index is 0.277. The number of rotatable bonds is 7. The number of halogens is 1. The van der Waals surface area contributed by atoms with E-state index in [4.69, 9.17) is 4.74 Å². The van der Waals surface area contributed by atoms with Crippen molar-refractivity contribution in [1.82, 2.24) is 0 Å². The fourth-order valence-corrected chi connectivity index (χ4v) is 5.58. The molecule has 1 fully saturated rings. The summed E-state index contributed by atoms with van der Waals surface area (Å²) in [6.45, 7) is 3.73. The molecule has 0 saturated heterocycles. The number of thiophene rings is 1. The predicted octanol–water partition coefficient (Wildman–Crippen LogP) is 7.96. The number of benzene rings is 3. The third-order valence-corrected chi connectivity index (χ3v) is 7.87. The number of amides is 1. The van der Waals surface area contributed by atoms with Crippen LogP contribution in [-0.2, 0) is 14.9 Å². The Morgan fingerprint density at radius 2 is 1.70 bits per heavy atom. The van der Waals surface area contributed by atoms with Crippen molar-refractivity contribution in [3.63, 3.8) is 0 Å². The molecule has 2 N–H and O–H groups in total. The number of carbonyl (C=O) groups is 2. The zero-order valence-electron chi connectivity index (χ0n) is 20.5. The van der Waals surface area contributed by atoms with E-state index in [0.29, 0.717) is 28.8 Å². The van der Waals surface area contributed by atoms with Crippen molar-refractivity contribution in [3.05, 3.63) is 101 Å². The van der Waals surface area contributed by atoms with Gasteiger partial charge in [0.2, 0.25) is 0 Å². The molecule has 37 heavy (non-hydrogen) atoms. The van der Waals surface area contributed by atoms with E-state index in [0.717, 1.165) is 33.6 Å². The van der Waals surface area contributed by atoms with E-state index in [1.807, 2.05) is 79.7 Å². The molecular weight excluding hydrogens is 489 g/mol. The average Bonchev–Trinajstić information content (AvgIpc) is 3.62. The molecular formula is C30H26FNO4S. The lowest BCUT2D eigenvalue weighted by Gasteiger charge is -2.18. The highest BCUT2D eigenvalue weighted by Crippen LogP contribution is 2.51. The number of hydrogen-bond acceptors (Lipinski definition) is 4. The Bertz CT molecular complexity index is 1480. The molecule has 1 unspecified atom stereocenters. The largest absolute Gasteiger partial charge is 0.481 e. The van der Waals surface area contributed by atoms with Gasteiger partial charge in [0.25, 0.3) is 0 Å². The van der Waals surface area contributed by atoms with Gasteiger partial charge in [-0.25, -0.2) is 4.79 Å². The molecule has 0 aliphatic heterocycles. The molecule has 1 aromatic heterocycles. The molecule has 5 rings (SSSR count). The third-order valence-electron chi connectivity index (χ3n) is 6.91. The van der Waals surface area contributed by atoms with Crippen molar-refractivity contribution in [2.24, 2.45) is 0 Å². The van der Waals surface area contributed by atoms with E-state index in [-0.39, 0.29) is 5.69 Å². The molecule has 1 amide bonds. The zero-order valence-corrected chi connectivity index (χ0v) is 21.3. The van der Waals surface area contributed by atoms with E-state index < -0.39 is 28.7 Å². The monoisotopic (exact) mass is 515 g/mol. The SMILES string of the molecule is Cc1ccccc1C(C)OC(=O)Nc1cc(F)sc1-c1cc(C2(C(=O)O)CC2)ccc1-c1ccccc1. The predicted molar refractivity (Wildman–Crippen MR) is 143 cm³/mol. The smallest absolute Gasteiger partial charge is 0.412 e. The highest BCUT2D eigenvalue weighted by Gasteiger charge is 2.52. The summed E-state index contributed by atoms with van der Waals surface area (Å²) in [4.78, 5) is 25.4.